The number of thiophene rings is 1. The molecule has 0 spiro atoms. The van der Waals surface area contributed by atoms with Gasteiger partial charge in [0.25, 0.3) is 0 Å². The molecule has 1 amide bonds. The Labute approximate surface area is 140 Å². The maximum atomic E-state index is 12.8. The first-order chi connectivity index (χ1) is 11.0. The first-order valence-electron chi connectivity index (χ1n) is 8.49. The zero-order valence-electron chi connectivity index (χ0n) is 13.1. The number of aryl methyl sites for hydroxylation is 1. The zero-order valence-corrected chi connectivity index (χ0v) is 14.7. The molecule has 126 valence electrons. The van der Waals surface area contributed by atoms with Gasteiger partial charge in [0.05, 0.1) is 0 Å². The first-order valence-corrected chi connectivity index (χ1v) is 10.8. The Morgan fingerprint density at radius 3 is 2.57 bits per heavy atom. The van der Waals surface area contributed by atoms with Gasteiger partial charge >= 0.3 is 0 Å². The smallest absolute Gasteiger partial charge is 0.243 e. The van der Waals surface area contributed by atoms with Crippen LogP contribution in [0, 0.1) is 11.8 Å². The van der Waals surface area contributed by atoms with Gasteiger partial charge in [-0.1, -0.05) is 0 Å². The third-order valence-electron chi connectivity index (χ3n) is 4.84. The van der Waals surface area contributed by atoms with Crippen molar-refractivity contribution in [3.63, 3.8) is 0 Å². The molecule has 3 aliphatic carbocycles. The van der Waals surface area contributed by atoms with Crippen molar-refractivity contribution in [2.75, 3.05) is 11.9 Å². The molecule has 0 saturated heterocycles. The van der Waals surface area contributed by atoms with Crippen LogP contribution in [0.2, 0.25) is 0 Å². The number of nitrogens with one attached hydrogen (secondary N) is 2. The van der Waals surface area contributed by atoms with Crippen molar-refractivity contribution in [2.45, 2.75) is 56.3 Å². The number of sulfonamides is 1. The average molecular weight is 354 g/mol. The molecular formula is C16H22N2O3S2. The van der Waals surface area contributed by atoms with Gasteiger partial charge in [-0.05, 0) is 62.8 Å². The summed E-state index contributed by atoms with van der Waals surface area (Å²) in [6, 6.07) is 0. The summed E-state index contributed by atoms with van der Waals surface area (Å²) in [4.78, 5) is 13.6. The number of hydrogen-bond donors (Lipinski definition) is 2. The van der Waals surface area contributed by atoms with Crippen molar-refractivity contribution < 1.29 is 13.2 Å². The van der Waals surface area contributed by atoms with Crippen molar-refractivity contribution in [1.82, 2.24) is 4.72 Å². The third kappa shape index (κ3) is 3.32. The van der Waals surface area contributed by atoms with E-state index in [2.05, 4.69) is 10.0 Å². The van der Waals surface area contributed by atoms with Gasteiger partial charge in [0, 0.05) is 17.3 Å². The minimum Gasteiger partial charge on any atom is -0.316 e. The van der Waals surface area contributed by atoms with Gasteiger partial charge in [-0.25, -0.2) is 13.1 Å². The van der Waals surface area contributed by atoms with Crippen LogP contribution in [0.25, 0.3) is 0 Å². The Morgan fingerprint density at radius 2 is 1.87 bits per heavy atom. The van der Waals surface area contributed by atoms with Crippen LogP contribution in [-0.2, 0) is 27.7 Å². The van der Waals surface area contributed by atoms with Gasteiger partial charge in [0.1, 0.15) is 9.90 Å². The third-order valence-corrected chi connectivity index (χ3v) is 7.71. The monoisotopic (exact) mass is 354 g/mol. The molecule has 23 heavy (non-hydrogen) atoms. The minimum atomic E-state index is -3.55. The molecule has 4 rings (SSSR count). The molecule has 5 nitrogen and oxygen atoms in total. The van der Waals surface area contributed by atoms with Crippen LogP contribution in [-0.4, -0.2) is 20.9 Å². The molecule has 0 aliphatic heterocycles. The topological polar surface area (TPSA) is 75.3 Å². The van der Waals surface area contributed by atoms with E-state index in [-0.39, 0.29) is 11.8 Å². The van der Waals surface area contributed by atoms with Crippen LogP contribution in [0.3, 0.4) is 0 Å². The molecule has 2 N–H and O–H groups in total. The second kappa shape index (κ2) is 5.86. The number of amides is 1. The molecule has 3 aliphatic rings. The van der Waals surface area contributed by atoms with Crippen molar-refractivity contribution >= 4 is 32.3 Å². The van der Waals surface area contributed by atoms with Gasteiger partial charge in [0.2, 0.25) is 15.9 Å². The second-order valence-electron chi connectivity index (χ2n) is 6.93. The van der Waals surface area contributed by atoms with Crippen molar-refractivity contribution in [3.05, 3.63) is 10.4 Å². The number of carbonyl (C=O) groups excluding carboxylic acids is 1. The molecule has 7 heteroatoms. The summed E-state index contributed by atoms with van der Waals surface area (Å²) in [6.07, 6.45) is 7.88. The summed E-state index contributed by atoms with van der Waals surface area (Å²) >= 11 is 1.46. The highest BCUT2D eigenvalue weighted by molar-refractivity contribution is 7.90. The van der Waals surface area contributed by atoms with Crippen LogP contribution < -0.4 is 10.0 Å². The molecule has 0 bridgehead atoms. The number of fused-ring (bicyclic) bond motifs is 1. The lowest BCUT2D eigenvalue weighted by Crippen LogP contribution is -2.28. The second-order valence-corrected chi connectivity index (χ2v) is 9.74. The van der Waals surface area contributed by atoms with Gasteiger partial charge in [0.15, 0.2) is 0 Å². The highest BCUT2D eigenvalue weighted by Crippen LogP contribution is 2.42. The number of anilines is 1. The normalized spacial score (nSPS) is 21.0. The molecule has 1 heterocycles. The summed E-state index contributed by atoms with van der Waals surface area (Å²) in [6.45, 7) is 0.517. The fourth-order valence-corrected chi connectivity index (χ4v) is 6.24. The summed E-state index contributed by atoms with van der Waals surface area (Å²) < 4.78 is 28.4. The molecule has 0 unspecified atom stereocenters. The van der Waals surface area contributed by atoms with Crippen LogP contribution in [0.15, 0.2) is 4.90 Å². The van der Waals surface area contributed by atoms with E-state index in [1.54, 1.807) is 0 Å². The Balaban J connectivity index is 1.66. The quantitative estimate of drug-likeness (QED) is 0.825. The van der Waals surface area contributed by atoms with Gasteiger partial charge in [-0.3, -0.25) is 4.79 Å². The maximum absolute atomic E-state index is 12.8. The van der Waals surface area contributed by atoms with E-state index in [0.717, 1.165) is 61.8 Å². The predicted molar refractivity (Wildman–Crippen MR) is 90.2 cm³/mol. The van der Waals surface area contributed by atoms with Crippen LogP contribution in [0.1, 0.15) is 49.0 Å². The van der Waals surface area contributed by atoms with E-state index < -0.39 is 10.0 Å². The molecule has 0 radical (unpaired) electrons. The predicted octanol–water partition coefficient (Wildman–Crippen LogP) is 2.66. The molecule has 2 saturated carbocycles. The van der Waals surface area contributed by atoms with E-state index in [0.29, 0.717) is 22.4 Å². The largest absolute Gasteiger partial charge is 0.316 e. The Hall–Kier alpha value is -0.920. The number of carbonyl (C=O) groups is 1. The van der Waals surface area contributed by atoms with Gasteiger partial charge in [-0.15, -0.1) is 11.3 Å². The summed E-state index contributed by atoms with van der Waals surface area (Å²) in [7, 11) is -3.55. The lowest BCUT2D eigenvalue weighted by molar-refractivity contribution is -0.117. The minimum absolute atomic E-state index is 0.0257. The Kier molecular flexibility index (Phi) is 3.98. The van der Waals surface area contributed by atoms with Gasteiger partial charge < -0.3 is 5.32 Å². The molecule has 1 aromatic heterocycles. The fraction of sp³-hybridized carbons (Fsp3) is 0.688. The number of hydrogen-bond acceptors (Lipinski definition) is 4. The van der Waals surface area contributed by atoms with Gasteiger partial charge in [-0.2, -0.15) is 0 Å². The zero-order chi connectivity index (χ0) is 16.0. The van der Waals surface area contributed by atoms with Crippen molar-refractivity contribution in [1.29, 1.82) is 0 Å². The summed E-state index contributed by atoms with van der Waals surface area (Å²) in [5.41, 5.74) is 0.940. The average Bonchev–Trinajstić information content (AvgIpc) is 3.41. The van der Waals surface area contributed by atoms with E-state index in [4.69, 9.17) is 0 Å². The van der Waals surface area contributed by atoms with Crippen LogP contribution >= 0.6 is 11.3 Å². The molecular weight excluding hydrogens is 332 g/mol. The van der Waals surface area contributed by atoms with E-state index in [1.165, 1.54) is 11.3 Å². The summed E-state index contributed by atoms with van der Waals surface area (Å²) in [5.74, 6) is 0.537. The van der Waals surface area contributed by atoms with Crippen LogP contribution in [0.5, 0.6) is 0 Å². The van der Waals surface area contributed by atoms with Crippen LogP contribution in [0.4, 0.5) is 5.00 Å². The van der Waals surface area contributed by atoms with E-state index >= 15 is 0 Å². The summed E-state index contributed by atoms with van der Waals surface area (Å²) in [5, 5.41) is 3.44. The van der Waals surface area contributed by atoms with Crippen molar-refractivity contribution in [2.24, 2.45) is 11.8 Å². The van der Waals surface area contributed by atoms with E-state index in [9.17, 15) is 13.2 Å². The fourth-order valence-electron chi connectivity index (χ4n) is 3.08. The van der Waals surface area contributed by atoms with Crippen molar-refractivity contribution in [3.8, 4) is 0 Å². The first kappa shape index (κ1) is 15.6. The highest BCUT2D eigenvalue weighted by Gasteiger charge is 2.35. The SMILES string of the molecule is O=C(Nc1sc2c(c1S(=O)(=O)NCC1CC1)CCCC2)C1CC1. The Morgan fingerprint density at radius 1 is 1.13 bits per heavy atom. The highest BCUT2D eigenvalue weighted by atomic mass is 32.2. The lowest BCUT2D eigenvalue weighted by Gasteiger charge is -2.14. The molecule has 2 fully saturated rings. The molecule has 0 atom stereocenters. The molecule has 1 aromatic rings. The maximum Gasteiger partial charge on any atom is 0.243 e. The standard InChI is InChI=1S/C16H22N2O3S2/c19-15(11-7-8-11)18-16-14(12-3-1-2-4-13(12)22-16)23(20,21)17-9-10-5-6-10/h10-11,17H,1-9H2,(H,18,19). The molecule has 0 aromatic carbocycles. The van der Waals surface area contributed by atoms with E-state index in [1.807, 2.05) is 0 Å². The number of rotatable bonds is 6. The Bertz CT molecular complexity index is 731. The lowest BCUT2D eigenvalue weighted by atomic mass is 9.99.